The van der Waals surface area contributed by atoms with Crippen LogP contribution in [-0.4, -0.2) is 4.57 Å². The van der Waals surface area contributed by atoms with Crippen molar-refractivity contribution in [3.63, 3.8) is 0 Å². The van der Waals surface area contributed by atoms with Crippen LogP contribution in [-0.2, 0) is 0 Å². The summed E-state index contributed by atoms with van der Waals surface area (Å²) in [5.41, 5.74) is 16.9. The SMILES string of the molecule is Cc1cccc(-c2ccc3c(c2)c2c(-c4ccccc4)c(-c4ccccc4)c(-c4ccccc4)c(-c4ccccc4)c2n3-c2ccccc2)c1. The highest BCUT2D eigenvalue weighted by atomic mass is 15.0. The van der Waals surface area contributed by atoms with Crippen molar-refractivity contribution in [1.82, 2.24) is 4.57 Å². The third-order valence-electron chi connectivity index (χ3n) is 9.82. The van der Waals surface area contributed by atoms with Crippen molar-refractivity contribution in [3.05, 3.63) is 200 Å². The zero-order valence-corrected chi connectivity index (χ0v) is 27.9. The van der Waals surface area contributed by atoms with Gasteiger partial charge in [-0.3, -0.25) is 0 Å². The fourth-order valence-corrected chi connectivity index (χ4v) is 7.69. The first-order valence-electron chi connectivity index (χ1n) is 17.3. The van der Waals surface area contributed by atoms with Gasteiger partial charge in [-0.25, -0.2) is 0 Å². The predicted octanol–water partition coefficient (Wildman–Crippen LogP) is 13.4. The molecule has 236 valence electrons. The van der Waals surface area contributed by atoms with E-state index in [-0.39, 0.29) is 0 Å². The van der Waals surface area contributed by atoms with Gasteiger partial charge < -0.3 is 4.57 Å². The van der Waals surface area contributed by atoms with Gasteiger partial charge in [0.05, 0.1) is 11.0 Å². The number of aromatic nitrogens is 1. The van der Waals surface area contributed by atoms with Crippen LogP contribution in [0.3, 0.4) is 0 Å². The highest BCUT2D eigenvalue weighted by Gasteiger charge is 2.29. The molecule has 0 aliphatic heterocycles. The second kappa shape index (κ2) is 12.5. The predicted molar refractivity (Wildman–Crippen MR) is 213 cm³/mol. The van der Waals surface area contributed by atoms with Crippen LogP contribution >= 0.6 is 0 Å². The third-order valence-corrected chi connectivity index (χ3v) is 9.82. The van der Waals surface area contributed by atoms with E-state index >= 15 is 0 Å². The molecule has 0 N–H and O–H groups in total. The molecule has 0 unspecified atom stereocenters. The van der Waals surface area contributed by atoms with E-state index in [9.17, 15) is 0 Å². The summed E-state index contributed by atoms with van der Waals surface area (Å²) in [5.74, 6) is 0. The van der Waals surface area contributed by atoms with Gasteiger partial charge in [0.1, 0.15) is 0 Å². The maximum Gasteiger partial charge on any atom is 0.0632 e. The van der Waals surface area contributed by atoms with Crippen molar-refractivity contribution in [1.29, 1.82) is 0 Å². The quantitative estimate of drug-likeness (QED) is 0.171. The van der Waals surface area contributed by atoms with Gasteiger partial charge in [-0.1, -0.05) is 175 Å². The molecule has 0 aliphatic carbocycles. The van der Waals surface area contributed by atoms with Gasteiger partial charge in [0.2, 0.25) is 0 Å². The Morgan fingerprint density at radius 3 is 1.32 bits per heavy atom. The van der Waals surface area contributed by atoms with Gasteiger partial charge in [0, 0.05) is 33.2 Å². The van der Waals surface area contributed by atoms with Crippen molar-refractivity contribution < 1.29 is 0 Å². The molecule has 0 aliphatic rings. The minimum Gasteiger partial charge on any atom is -0.309 e. The highest BCUT2D eigenvalue weighted by molar-refractivity contribution is 6.26. The number of para-hydroxylation sites is 1. The first-order chi connectivity index (χ1) is 24.8. The number of hydrogen-bond donors (Lipinski definition) is 0. The monoisotopic (exact) mass is 637 g/mol. The molecule has 1 aromatic heterocycles. The number of hydrogen-bond acceptors (Lipinski definition) is 0. The van der Waals surface area contributed by atoms with Gasteiger partial charge in [0.15, 0.2) is 0 Å². The first kappa shape index (κ1) is 29.7. The fraction of sp³-hybridized carbons (Fsp3) is 0.0204. The normalized spacial score (nSPS) is 11.3. The van der Waals surface area contributed by atoms with E-state index in [0.29, 0.717) is 0 Å². The Hall–Kier alpha value is -6.44. The summed E-state index contributed by atoms with van der Waals surface area (Å²) in [4.78, 5) is 0. The average molecular weight is 638 g/mol. The molecule has 0 spiro atoms. The molecule has 9 rings (SSSR count). The summed E-state index contributed by atoms with van der Waals surface area (Å²) in [7, 11) is 0. The van der Waals surface area contributed by atoms with Crippen LogP contribution in [0.15, 0.2) is 194 Å². The second-order valence-corrected chi connectivity index (χ2v) is 13.0. The Labute approximate surface area is 293 Å². The molecule has 50 heavy (non-hydrogen) atoms. The fourth-order valence-electron chi connectivity index (χ4n) is 7.69. The number of benzene rings is 8. The minimum absolute atomic E-state index is 1.14. The van der Waals surface area contributed by atoms with Gasteiger partial charge in [-0.05, 0) is 70.1 Å². The van der Waals surface area contributed by atoms with E-state index in [1.54, 1.807) is 0 Å². The minimum atomic E-state index is 1.14. The molecular formula is C49H35N. The summed E-state index contributed by atoms with van der Waals surface area (Å²) in [5, 5.41) is 2.48. The lowest BCUT2D eigenvalue weighted by molar-refractivity contribution is 1.18. The highest BCUT2D eigenvalue weighted by Crippen LogP contribution is 2.54. The molecule has 1 nitrogen and oxygen atoms in total. The second-order valence-electron chi connectivity index (χ2n) is 13.0. The maximum absolute atomic E-state index is 2.50. The summed E-state index contributed by atoms with van der Waals surface area (Å²) in [6.07, 6.45) is 0. The molecule has 9 aromatic rings. The van der Waals surface area contributed by atoms with Gasteiger partial charge in [-0.15, -0.1) is 0 Å². The molecule has 1 heteroatoms. The third kappa shape index (κ3) is 5.03. The van der Waals surface area contributed by atoms with E-state index in [4.69, 9.17) is 0 Å². The molecular weight excluding hydrogens is 603 g/mol. The smallest absolute Gasteiger partial charge is 0.0632 e. The van der Waals surface area contributed by atoms with E-state index in [1.807, 2.05) is 0 Å². The van der Waals surface area contributed by atoms with Crippen molar-refractivity contribution >= 4 is 21.8 Å². The first-order valence-corrected chi connectivity index (χ1v) is 17.3. The Morgan fingerprint density at radius 1 is 0.340 bits per heavy atom. The molecule has 8 aromatic carbocycles. The molecule has 0 fully saturated rings. The molecule has 0 radical (unpaired) electrons. The topological polar surface area (TPSA) is 4.93 Å². The molecule has 0 saturated carbocycles. The Kier molecular flexibility index (Phi) is 7.44. The van der Waals surface area contributed by atoms with Crippen LogP contribution < -0.4 is 0 Å². The van der Waals surface area contributed by atoms with E-state index < -0.39 is 0 Å². The summed E-state index contributed by atoms with van der Waals surface area (Å²) < 4.78 is 2.50. The van der Waals surface area contributed by atoms with Gasteiger partial charge in [0.25, 0.3) is 0 Å². The zero-order valence-electron chi connectivity index (χ0n) is 27.9. The largest absolute Gasteiger partial charge is 0.309 e. The lowest BCUT2D eigenvalue weighted by Gasteiger charge is -2.24. The molecule has 0 saturated heterocycles. The summed E-state index contributed by atoms with van der Waals surface area (Å²) in [6.45, 7) is 2.17. The van der Waals surface area contributed by atoms with Crippen molar-refractivity contribution in [2.45, 2.75) is 6.92 Å². The van der Waals surface area contributed by atoms with Crippen LogP contribution in [0.1, 0.15) is 5.56 Å². The molecule has 1 heterocycles. The van der Waals surface area contributed by atoms with E-state index in [2.05, 4.69) is 206 Å². The van der Waals surface area contributed by atoms with E-state index in [0.717, 1.165) is 5.69 Å². The Morgan fingerprint density at radius 2 is 0.780 bits per heavy atom. The Balaban J connectivity index is 1.61. The van der Waals surface area contributed by atoms with Crippen molar-refractivity contribution in [3.8, 4) is 61.3 Å². The van der Waals surface area contributed by atoms with Gasteiger partial charge >= 0.3 is 0 Å². The number of nitrogens with zero attached hydrogens (tertiary/aromatic N) is 1. The number of aryl methyl sites for hydroxylation is 1. The summed E-state index contributed by atoms with van der Waals surface area (Å²) >= 11 is 0. The number of rotatable bonds is 6. The lowest BCUT2D eigenvalue weighted by Crippen LogP contribution is -2.00. The van der Waals surface area contributed by atoms with Crippen molar-refractivity contribution in [2.75, 3.05) is 0 Å². The van der Waals surface area contributed by atoms with E-state index in [1.165, 1.54) is 83.0 Å². The molecule has 0 amide bonds. The Bertz CT molecular complexity index is 2600. The van der Waals surface area contributed by atoms with Crippen LogP contribution in [0.4, 0.5) is 0 Å². The standard InChI is InChI=1S/C49H35N/c1-34-18-17-27-39(32-34)40-30-31-43-42(33-40)48-46(37-23-11-4-12-24-37)44(35-19-7-2-8-20-35)45(36-21-9-3-10-22-36)47(38-25-13-5-14-26-38)49(48)50(43)41-28-15-6-16-29-41/h2-33H,1H3. The van der Waals surface area contributed by atoms with Gasteiger partial charge in [-0.2, -0.15) is 0 Å². The zero-order chi connectivity index (χ0) is 33.4. The van der Waals surface area contributed by atoms with Crippen LogP contribution in [0.5, 0.6) is 0 Å². The number of fused-ring (bicyclic) bond motifs is 3. The lowest BCUT2D eigenvalue weighted by atomic mass is 9.80. The summed E-state index contributed by atoms with van der Waals surface area (Å²) in [6, 6.07) is 70.6. The van der Waals surface area contributed by atoms with Crippen molar-refractivity contribution in [2.24, 2.45) is 0 Å². The average Bonchev–Trinajstić information content (AvgIpc) is 3.52. The molecule has 0 atom stereocenters. The maximum atomic E-state index is 2.50. The molecule has 0 bridgehead atoms. The van der Waals surface area contributed by atoms with Crippen LogP contribution in [0.25, 0.3) is 83.1 Å². The van der Waals surface area contributed by atoms with Crippen LogP contribution in [0, 0.1) is 6.92 Å². The van der Waals surface area contributed by atoms with Crippen LogP contribution in [0.2, 0.25) is 0 Å².